The van der Waals surface area contributed by atoms with Crippen molar-refractivity contribution in [2.75, 3.05) is 19.6 Å². The van der Waals surface area contributed by atoms with E-state index < -0.39 is 0 Å². The summed E-state index contributed by atoms with van der Waals surface area (Å²) in [4.78, 5) is 15.0. The zero-order chi connectivity index (χ0) is 14.8. The number of ketones is 1. The van der Waals surface area contributed by atoms with Crippen LogP contribution in [0, 0.1) is 5.92 Å². The normalized spacial score (nSPS) is 24.0. The van der Waals surface area contributed by atoms with E-state index in [1.165, 1.54) is 0 Å². The van der Waals surface area contributed by atoms with Gasteiger partial charge in [-0.25, -0.2) is 0 Å². The Balaban J connectivity index is 1.58. The first-order valence-electron chi connectivity index (χ1n) is 7.97. The molecule has 21 heavy (non-hydrogen) atoms. The number of hydrogen-bond acceptors (Lipinski definition) is 4. The Morgan fingerprint density at radius 3 is 2.76 bits per heavy atom. The lowest BCUT2D eigenvalue weighted by Crippen LogP contribution is -2.40. The quantitative estimate of drug-likeness (QED) is 0.892. The number of Topliss-reactive ketones (excluding diaryl/α,β-unsaturated/α-hetero) is 1. The summed E-state index contributed by atoms with van der Waals surface area (Å²) in [6.07, 6.45) is 4.88. The van der Waals surface area contributed by atoms with Crippen LogP contribution in [-0.2, 0) is 6.42 Å². The van der Waals surface area contributed by atoms with Gasteiger partial charge in [-0.3, -0.25) is 4.79 Å². The van der Waals surface area contributed by atoms with Crippen LogP contribution in [-0.4, -0.2) is 41.5 Å². The van der Waals surface area contributed by atoms with Gasteiger partial charge in [0.1, 0.15) is 5.75 Å². The number of piperidine rings is 1. The van der Waals surface area contributed by atoms with E-state index >= 15 is 0 Å². The van der Waals surface area contributed by atoms with Gasteiger partial charge in [-0.2, -0.15) is 0 Å². The second-order valence-corrected chi connectivity index (χ2v) is 6.41. The van der Waals surface area contributed by atoms with Gasteiger partial charge in [-0.05, 0) is 75.5 Å². The van der Waals surface area contributed by atoms with Crippen molar-refractivity contribution in [1.82, 2.24) is 4.90 Å². The summed E-state index contributed by atoms with van der Waals surface area (Å²) in [5.41, 5.74) is 7.73. The highest BCUT2D eigenvalue weighted by atomic mass is 16.3. The van der Waals surface area contributed by atoms with E-state index in [4.69, 9.17) is 5.73 Å². The second-order valence-electron chi connectivity index (χ2n) is 6.41. The van der Waals surface area contributed by atoms with Gasteiger partial charge < -0.3 is 15.7 Å². The molecule has 0 saturated carbocycles. The molecule has 1 aliphatic carbocycles. The number of rotatable bonds is 3. The number of aromatic hydroxyl groups is 1. The predicted molar refractivity (Wildman–Crippen MR) is 82.5 cm³/mol. The molecular weight excluding hydrogens is 264 g/mol. The molecule has 0 radical (unpaired) electrons. The number of nitrogens with two attached hydrogens (primary N) is 1. The number of phenols is 1. The van der Waals surface area contributed by atoms with Crippen LogP contribution in [0.15, 0.2) is 18.2 Å². The molecule has 1 aliphatic heterocycles. The van der Waals surface area contributed by atoms with Crippen LogP contribution in [0.2, 0.25) is 0 Å². The molecular formula is C17H24N2O2. The number of benzene rings is 1. The Kier molecular flexibility index (Phi) is 4.27. The van der Waals surface area contributed by atoms with Gasteiger partial charge in [0, 0.05) is 17.5 Å². The van der Waals surface area contributed by atoms with Crippen molar-refractivity contribution in [3.63, 3.8) is 0 Å². The lowest BCUT2D eigenvalue weighted by atomic mass is 9.81. The molecule has 0 amide bonds. The fourth-order valence-corrected chi connectivity index (χ4v) is 3.50. The maximum absolute atomic E-state index is 12.5. The monoisotopic (exact) mass is 288 g/mol. The minimum absolute atomic E-state index is 0.137. The molecule has 1 heterocycles. The van der Waals surface area contributed by atoms with Crippen molar-refractivity contribution < 1.29 is 9.90 Å². The Morgan fingerprint density at radius 2 is 2.00 bits per heavy atom. The van der Waals surface area contributed by atoms with Crippen molar-refractivity contribution in [1.29, 1.82) is 0 Å². The highest BCUT2D eigenvalue weighted by Crippen LogP contribution is 2.30. The molecule has 0 bridgehead atoms. The SMILES string of the molecule is NC1CCN(CCC2CCc3cc(O)ccc3C2=O)CC1. The molecule has 0 aromatic heterocycles. The topological polar surface area (TPSA) is 66.6 Å². The molecule has 3 rings (SSSR count). The third-order valence-corrected chi connectivity index (χ3v) is 4.91. The fraction of sp³-hybridized carbons (Fsp3) is 0.588. The van der Waals surface area contributed by atoms with Gasteiger partial charge in [0.25, 0.3) is 0 Å². The molecule has 1 saturated heterocycles. The molecule has 4 nitrogen and oxygen atoms in total. The molecule has 4 heteroatoms. The van der Waals surface area contributed by atoms with Gasteiger partial charge >= 0.3 is 0 Å². The van der Waals surface area contributed by atoms with Crippen molar-refractivity contribution in [3.05, 3.63) is 29.3 Å². The summed E-state index contributed by atoms with van der Waals surface area (Å²) in [5, 5.41) is 9.51. The van der Waals surface area contributed by atoms with Crippen molar-refractivity contribution >= 4 is 5.78 Å². The standard InChI is InChI=1S/C17H24N2O2/c18-14-6-9-19(10-7-14)8-5-12-1-2-13-11-15(20)3-4-16(13)17(12)21/h3-4,11-12,14,20H,1-2,5-10,18H2. The second kappa shape index (κ2) is 6.16. The Bertz CT molecular complexity index is 522. The van der Waals surface area contributed by atoms with E-state index in [2.05, 4.69) is 4.90 Å². The van der Waals surface area contributed by atoms with E-state index in [0.717, 1.165) is 62.9 Å². The van der Waals surface area contributed by atoms with Gasteiger partial charge in [0.05, 0.1) is 0 Å². The summed E-state index contributed by atoms with van der Waals surface area (Å²) in [6.45, 7) is 3.12. The van der Waals surface area contributed by atoms with Crippen molar-refractivity contribution in [2.45, 2.75) is 38.1 Å². The smallest absolute Gasteiger partial charge is 0.166 e. The van der Waals surface area contributed by atoms with E-state index in [1.54, 1.807) is 18.2 Å². The van der Waals surface area contributed by atoms with Crippen LogP contribution in [0.5, 0.6) is 5.75 Å². The first-order valence-corrected chi connectivity index (χ1v) is 7.97. The largest absolute Gasteiger partial charge is 0.508 e. The number of aryl methyl sites for hydroxylation is 1. The molecule has 0 spiro atoms. The number of phenolic OH excluding ortho intramolecular Hbond substituents is 1. The van der Waals surface area contributed by atoms with Crippen LogP contribution in [0.3, 0.4) is 0 Å². The first kappa shape index (κ1) is 14.5. The minimum Gasteiger partial charge on any atom is -0.508 e. The van der Waals surface area contributed by atoms with Crippen LogP contribution in [0.1, 0.15) is 41.6 Å². The summed E-state index contributed by atoms with van der Waals surface area (Å²) in [7, 11) is 0. The molecule has 2 aliphatic rings. The van der Waals surface area contributed by atoms with Crippen molar-refractivity contribution in [3.8, 4) is 5.75 Å². The summed E-state index contributed by atoms with van der Waals surface area (Å²) in [6, 6.07) is 5.48. The molecule has 1 aromatic rings. The molecule has 1 fully saturated rings. The van der Waals surface area contributed by atoms with Gasteiger partial charge in [0.15, 0.2) is 5.78 Å². The summed E-state index contributed by atoms with van der Waals surface area (Å²) >= 11 is 0. The van der Waals surface area contributed by atoms with Gasteiger partial charge in [-0.1, -0.05) is 0 Å². The zero-order valence-electron chi connectivity index (χ0n) is 12.4. The minimum atomic E-state index is 0.137. The summed E-state index contributed by atoms with van der Waals surface area (Å²) in [5.74, 6) is 0.646. The zero-order valence-corrected chi connectivity index (χ0v) is 12.4. The third kappa shape index (κ3) is 3.27. The highest BCUT2D eigenvalue weighted by molar-refractivity contribution is 6.00. The molecule has 3 N–H and O–H groups in total. The Hall–Kier alpha value is -1.39. The number of nitrogens with zero attached hydrogens (tertiary/aromatic N) is 1. The lowest BCUT2D eigenvalue weighted by Gasteiger charge is -2.32. The number of likely N-dealkylation sites (tertiary alicyclic amines) is 1. The van der Waals surface area contributed by atoms with E-state index in [-0.39, 0.29) is 17.5 Å². The molecule has 1 aromatic carbocycles. The Labute approximate surface area is 125 Å². The highest BCUT2D eigenvalue weighted by Gasteiger charge is 2.28. The van der Waals surface area contributed by atoms with Crippen LogP contribution in [0.25, 0.3) is 0 Å². The average Bonchev–Trinajstić information content (AvgIpc) is 2.48. The number of carbonyl (C=O) groups excluding carboxylic acids is 1. The predicted octanol–water partition coefficient (Wildman–Crippen LogP) is 1.95. The molecule has 1 unspecified atom stereocenters. The number of fused-ring (bicyclic) bond motifs is 1. The first-order chi connectivity index (χ1) is 10.1. The summed E-state index contributed by atoms with van der Waals surface area (Å²) < 4.78 is 0. The van der Waals surface area contributed by atoms with Crippen LogP contribution in [0.4, 0.5) is 0 Å². The molecule has 114 valence electrons. The maximum Gasteiger partial charge on any atom is 0.166 e. The van der Waals surface area contributed by atoms with E-state index in [1.807, 2.05) is 0 Å². The fourth-order valence-electron chi connectivity index (χ4n) is 3.50. The van der Waals surface area contributed by atoms with Crippen LogP contribution >= 0.6 is 0 Å². The number of carbonyl (C=O) groups is 1. The van der Waals surface area contributed by atoms with E-state index in [0.29, 0.717) is 6.04 Å². The maximum atomic E-state index is 12.5. The third-order valence-electron chi connectivity index (χ3n) is 4.91. The Morgan fingerprint density at radius 1 is 1.24 bits per heavy atom. The van der Waals surface area contributed by atoms with E-state index in [9.17, 15) is 9.90 Å². The van der Waals surface area contributed by atoms with Gasteiger partial charge in [0.2, 0.25) is 0 Å². The molecule has 1 atom stereocenters. The van der Waals surface area contributed by atoms with Gasteiger partial charge in [-0.15, -0.1) is 0 Å². The van der Waals surface area contributed by atoms with Crippen LogP contribution < -0.4 is 5.73 Å². The average molecular weight is 288 g/mol. The lowest BCUT2D eigenvalue weighted by molar-refractivity contribution is 0.0877. The van der Waals surface area contributed by atoms with Crippen molar-refractivity contribution in [2.24, 2.45) is 11.7 Å². The number of hydrogen-bond donors (Lipinski definition) is 2.